The standard InChI is InChI=1S/C14H20O/c1-13(15)14-11-9-7-5-3-2-4-6-8-10-12-14/h3,5,7,9,11H,2,4,6,8,10,12H2,1H3/b5-3-,9-7-,14-11+. The molecule has 0 radical (unpaired) electrons. The van der Waals surface area contributed by atoms with Gasteiger partial charge in [0, 0.05) is 0 Å². The van der Waals surface area contributed by atoms with E-state index in [9.17, 15) is 4.79 Å². The predicted molar refractivity (Wildman–Crippen MR) is 64.7 cm³/mol. The molecule has 0 aromatic carbocycles. The van der Waals surface area contributed by atoms with Gasteiger partial charge in [-0.15, -0.1) is 0 Å². The second-order valence-corrected chi connectivity index (χ2v) is 4.01. The Morgan fingerprint density at radius 2 is 1.87 bits per heavy atom. The predicted octanol–water partition coefficient (Wildman–Crippen LogP) is 3.97. The minimum absolute atomic E-state index is 0.209. The molecule has 1 heteroatoms. The molecule has 0 spiro atoms. The fraction of sp³-hybridized carbons (Fsp3) is 0.500. The highest BCUT2D eigenvalue weighted by molar-refractivity contribution is 5.93. The van der Waals surface area contributed by atoms with Gasteiger partial charge >= 0.3 is 0 Å². The fourth-order valence-corrected chi connectivity index (χ4v) is 1.72. The van der Waals surface area contributed by atoms with Crippen LogP contribution in [0.2, 0.25) is 0 Å². The normalized spacial score (nSPS) is 26.6. The Bertz CT molecular complexity index is 282. The molecule has 1 nitrogen and oxygen atoms in total. The number of hydrogen-bond donors (Lipinski definition) is 0. The van der Waals surface area contributed by atoms with E-state index in [2.05, 4.69) is 12.2 Å². The van der Waals surface area contributed by atoms with Crippen LogP contribution in [0, 0.1) is 0 Å². The molecule has 0 saturated carbocycles. The molecule has 0 atom stereocenters. The van der Waals surface area contributed by atoms with Crippen molar-refractivity contribution in [2.24, 2.45) is 0 Å². The van der Waals surface area contributed by atoms with Crippen LogP contribution in [-0.4, -0.2) is 5.78 Å². The van der Waals surface area contributed by atoms with Crippen LogP contribution >= 0.6 is 0 Å². The van der Waals surface area contributed by atoms with Crippen molar-refractivity contribution < 1.29 is 4.79 Å². The largest absolute Gasteiger partial charge is 0.295 e. The Hall–Kier alpha value is -1.11. The van der Waals surface area contributed by atoms with Crippen LogP contribution in [0.25, 0.3) is 0 Å². The quantitative estimate of drug-likeness (QED) is 0.631. The molecule has 15 heavy (non-hydrogen) atoms. The van der Waals surface area contributed by atoms with Crippen molar-refractivity contribution >= 4 is 5.78 Å². The van der Waals surface area contributed by atoms with E-state index in [0.717, 1.165) is 18.4 Å². The summed E-state index contributed by atoms with van der Waals surface area (Å²) in [5.41, 5.74) is 0.959. The highest BCUT2D eigenvalue weighted by Gasteiger charge is 2.02. The zero-order valence-corrected chi connectivity index (χ0v) is 9.54. The molecule has 0 fully saturated rings. The molecule has 0 aromatic heterocycles. The molecule has 0 saturated heterocycles. The SMILES string of the molecule is CC(=O)/C1=C/C=C\C=C/CCCCCC1. The first-order chi connectivity index (χ1) is 7.30. The van der Waals surface area contributed by atoms with Crippen molar-refractivity contribution in [2.45, 2.75) is 45.4 Å². The highest BCUT2D eigenvalue weighted by atomic mass is 16.1. The molecule has 0 unspecified atom stereocenters. The van der Waals surface area contributed by atoms with Crippen LogP contribution < -0.4 is 0 Å². The maximum absolute atomic E-state index is 11.3. The second kappa shape index (κ2) is 7.22. The topological polar surface area (TPSA) is 17.1 Å². The molecule has 0 amide bonds. The van der Waals surface area contributed by atoms with Crippen molar-refractivity contribution in [1.82, 2.24) is 0 Å². The summed E-state index contributed by atoms with van der Waals surface area (Å²) in [5.74, 6) is 0.209. The lowest BCUT2D eigenvalue weighted by Gasteiger charge is -2.03. The summed E-state index contributed by atoms with van der Waals surface area (Å²) < 4.78 is 0. The van der Waals surface area contributed by atoms with E-state index in [-0.39, 0.29) is 5.78 Å². The van der Waals surface area contributed by atoms with Crippen molar-refractivity contribution in [3.8, 4) is 0 Å². The van der Waals surface area contributed by atoms with Crippen molar-refractivity contribution in [2.75, 3.05) is 0 Å². The van der Waals surface area contributed by atoms with Crippen LogP contribution in [0.1, 0.15) is 45.4 Å². The molecule has 0 aromatic rings. The number of ketones is 1. The third-order valence-electron chi connectivity index (χ3n) is 2.67. The third-order valence-corrected chi connectivity index (χ3v) is 2.67. The smallest absolute Gasteiger partial charge is 0.155 e. The van der Waals surface area contributed by atoms with Gasteiger partial charge in [-0.2, -0.15) is 0 Å². The van der Waals surface area contributed by atoms with E-state index in [4.69, 9.17) is 0 Å². The number of rotatable bonds is 1. The summed E-state index contributed by atoms with van der Waals surface area (Å²) in [6.45, 7) is 1.65. The Labute approximate surface area is 92.6 Å². The van der Waals surface area contributed by atoms with Gasteiger partial charge in [0.15, 0.2) is 5.78 Å². The number of carbonyl (C=O) groups is 1. The van der Waals surface area contributed by atoms with E-state index in [1.54, 1.807) is 6.92 Å². The van der Waals surface area contributed by atoms with Crippen LogP contribution in [0.15, 0.2) is 36.0 Å². The van der Waals surface area contributed by atoms with Gasteiger partial charge in [0.2, 0.25) is 0 Å². The molecule has 0 bridgehead atoms. The van der Waals surface area contributed by atoms with Gasteiger partial charge in [-0.05, 0) is 38.2 Å². The Kier molecular flexibility index (Phi) is 5.76. The van der Waals surface area contributed by atoms with Gasteiger partial charge in [0.05, 0.1) is 0 Å². The van der Waals surface area contributed by atoms with Crippen molar-refractivity contribution in [3.63, 3.8) is 0 Å². The van der Waals surface area contributed by atoms with Crippen LogP contribution in [0.5, 0.6) is 0 Å². The van der Waals surface area contributed by atoms with Crippen LogP contribution in [0.4, 0.5) is 0 Å². The van der Waals surface area contributed by atoms with Gasteiger partial charge in [0.1, 0.15) is 0 Å². The van der Waals surface area contributed by atoms with E-state index in [1.807, 2.05) is 18.2 Å². The zero-order valence-electron chi connectivity index (χ0n) is 9.54. The van der Waals surface area contributed by atoms with E-state index in [0.29, 0.717) is 0 Å². The Balaban J connectivity index is 2.63. The summed E-state index contributed by atoms with van der Waals surface area (Å²) in [4.78, 5) is 11.3. The monoisotopic (exact) mass is 204 g/mol. The molecule has 0 N–H and O–H groups in total. The Morgan fingerprint density at radius 3 is 2.67 bits per heavy atom. The van der Waals surface area contributed by atoms with Gasteiger partial charge in [0.25, 0.3) is 0 Å². The number of Topliss-reactive ketones (excluding diaryl/α,β-unsaturated/α-hetero) is 1. The molecule has 1 rings (SSSR count). The molecule has 0 heterocycles. The highest BCUT2D eigenvalue weighted by Crippen LogP contribution is 2.13. The maximum Gasteiger partial charge on any atom is 0.155 e. The summed E-state index contributed by atoms with van der Waals surface area (Å²) in [6, 6.07) is 0. The molecule has 1 aliphatic rings. The third kappa shape index (κ3) is 5.36. The molecular formula is C14H20O. The lowest BCUT2D eigenvalue weighted by molar-refractivity contribution is -0.113. The summed E-state index contributed by atoms with van der Waals surface area (Å²) in [6.07, 6.45) is 17.2. The zero-order chi connectivity index (χ0) is 10.9. The van der Waals surface area contributed by atoms with E-state index >= 15 is 0 Å². The summed E-state index contributed by atoms with van der Waals surface area (Å²) in [7, 11) is 0. The second-order valence-electron chi connectivity index (χ2n) is 4.01. The summed E-state index contributed by atoms with van der Waals surface area (Å²) >= 11 is 0. The number of carbonyl (C=O) groups excluding carboxylic acids is 1. The molecular weight excluding hydrogens is 184 g/mol. The van der Waals surface area contributed by atoms with Crippen molar-refractivity contribution in [3.05, 3.63) is 36.0 Å². The minimum atomic E-state index is 0.209. The van der Waals surface area contributed by atoms with E-state index in [1.165, 1.54) is 25.7 Å². The fourth-order valence-electron chi connectivity index (χ4n) is 1.72. The first-order valence-electron chi connectivity index (χ1n) is 5.84. The van der Waals surface area contributed by atoms with Crippen LogP contribution in [0.3, 0.4) is 0 Å². The number of allylic oxidation sites excluding steroid dienone is 6. The Morgan fingerprint density at radius 1 is 1.07 bits per heavy atom. The van der Waals surface area contributed by atoms with Crippen LogP contribution in [-0.2, 0) is 4.79 Å². The average molecular weight is 204 g/mol. The number of hydrogen-bond acceptors (Lipinski definition) is 1. The van der Waals surface area contributed by atoms with Gasteiger partial charge < -0.3 is 0 Å². The lowest BCUT2D eigenvalue weighted by Crippen LogP contribution is -1.96. The maximum atomic E-state index is 11.3. The molecule has 1 aliphatic carbocycles. The summed E-state index contributed by atoms with van der Waals surface area (Å²) in [5, 5.41) is 0. The molecule has 82 valence electrons. The minimum Gasteiger partial charge on any atom is -0.295 e. The first kappa shape index (κ1) is 12.0. The molecule has 0 aliphatic heterocycles. The van der Waals surface area contributed by atoms with E-state index < -0.39 is 0 Å². The lowest BCUT2D eigenvalue weighted by atomic mass is 10.0. The average Bonchev–Trinajstić information content (AvgIpc) is 2.18. The van der Waals surface area contributed by atoms with Gasteiger partial charge in [-0.1, -0.05) is 43.2 Å². The first-order valence-corrected chi connectivity index (χ1v) is 5.84. The van der Waals surface area contributed by atoms with Gasteiger partial charge in [-0.25, -0.2) is 0 Å². The van der Waals surface area contributed by atoms with Gasteiger partial charge in [-0.3, -0.25) is 4.79 Å². The van der Waals surface area contributed by atoms with Crippen molar-refractivity contribution in [1.29, 1.82) is 0 Å².